The molecule has 5 N–H and O–H groups in total. The molecule has 8 heteroatoms. The molecule has 2 aromatic carbocycles. The van der Waals surface area contributed by atoms with Crippen LogP contribution in [0.15, 0.2) is 48.5 Å². The van der Waals surface area contributed by atoms with Gasteiger partial charge in [-0.15, -0.1) is 0 Å². The summed E-state index contributed by atoms with van der Waals surface area (Å²) in [5.41, 5.74) is 6.75. The number of hydrogen-bond acceptors (Lipinski definition) is 4. The van der Waals surface area contributed by atoms with Crippen LogP contribution in [0.1, 0.15) is 15.9 Å². The van der Waals surface area contributed by atoms with E-state index in [1.54, 1.807) is 42.5 Å². The van der Waals surface area contributed by atoms with Gasteiger partial charge in [-0.1, -0.05) is 24.3 Å². The Labute approximate surface area is 150 Å². The molecule has 0 radical (unpaired) electrons. The van der Waals surface area contributed by atoms with E-state index in [0.717, 1.165) is 5.56 Å². The standard InChI is InChI=1S/C18H20N4O4/c1-26-15-5-3-2-4-14(15)22-18(25)21-10-12-6-8-13(9-7-12)17(24)20-11-16(19)23/h2-9H,10-11H2,1H3,(H2,19,23)(H,20,24)(H2,21,22,25). The van der Waals surface area contributed by atoms with Crippen LogP contribution in [0.5, 0.6) is 5.75 Å². The quantitative estimate of drug-likeness (QED) is 0.596. The van der Waals surface area contributed by atoms with Crippen LogP contribution in [0.3, 0.4) is 0 Å². The lowest BCUT2D eigenvalue weighted by Crippen LogP contribution is -2.33. The molecular weight excluding hydrogens is 336 g/mol. The maximum atomic E-state index is 12.0. The number of anilines is 1. The van der Waals surface area contributed by atoms with Gasteiger partial charge in [-0.3, -0.25) is 9.59 Å². The number of primary amides is 1. The van der Waals surface area contributed by atoms with Gasteiger partial charge in [0.05, 0.1) is 19.3 Å². The van der Waals surface area contributed by atoms with Crippen molar-refractivity contribution in [2.24, 2.45) is 5.73 Å². The molecule has 0 unspecified atom stereocenters. The number of rotatable bonds is 7. The fraction of sp³-hybridized carbons (Fsp3) is 0.167. The number of methoxy groups -OCH3 is 1. The third-order valence-electron chi connectivity index (χ3n) is 3.45. The molecule has 0 aliphatic rings. The van der Waals surface area contributed by atoms with Gasteiger partial charge in [0.25, 0.3) is 5.91 Å². The van der Waals surface area contributed by atoms with E-state index >= 15 is 0 Å². The SMILES string of the molecule is COc1ccccc1NC(=O)NCc1ccc(C(=O)NCC(N)=O)cc1. The maximum absolute atomic E-state index is 12.0. The van der Waals surface area contributed by atoms with Gasteiger partial charge in [0.2, 0.25) is 5.91 Å². The summed E-state index contributed by atoms with van der Waals surface area (Å²) in [7, 11) is 1.53. The fourth-order valence-corrected chi connectivity index (χ4v) is 2.14. The first-order valence-corrected chi connectivity index (χ1v) is 7.83. The highest BCUT2D eigenvalue weighted by atomic mass is 16.5. The molecule has 0 atom stereocenters. The number of benzene rings is 2. The first-order chi connectivity index (χ1) is 12.5. The summed E-state index contributed by atoms with van der Waals surface area (Å²) >= 11 is 0. The minimum Gasteiger partial charge on any atom is -0.495 e. The van der Waals surface area contributed by atoms with E-state index in [0.29, 0.717) is 17.0 Å². The molecule has 2 rings (SSSR count). The number of nitrogens with one attached hydrogen (secondary N) is 3. The van der Waals surface area contributed by atoms with E-state index in [1.165, 1.54) is 7.11 Å². The summed E-state index contributed by atoms with van der Waals surface area (Å²) in [5.74, 6) is -0.438. The van der Waals surface area contributed by atoms with Gasteiger partial charge in [0.1, 0.15) is 5.75 Å². The number of nitrogens with two attached hydrogens (primary N) is 1. The molecule has 8 nitrogen and oxygen atoms in total. The van der Waals surface area contributed by atoms with Crippen LogP contribution >= 0.6 is 0 Å². The van der Waals surface area contributed by atoms with Gasteiger partial charge >= 0.3 is 6.03 Å². The lowest BCUT2D eigenvalue weighted by molar-refractivity contribution is -0.117. The Morgan fingerprint density at radius 3 is 2.35 bits per heavy atom. The van der Waals surface area contributed by atoms with E-state index in [1.807, 2.05) is 6.07 Å². The average Bonchev–Trinajstić information content (AvgIpc) is 2.65. The monoisotopic (exact) mass is 356 g/mol. The Kier molecular flexibility index (Phi) is 6.55. The van der Waals surface area contributed by atoms with Gasteiger partial charge in [0.15, 0.2) is 0 Å². The second-order valence-electron chi connectivity index (χ2n) is 5.35. The molecular formula is C18H20N4O4. The molecule has 0 fully saturated rings. The average molecular weight is 356 g/mol. The van der Waals surface area contributed by atoms with Crippen molar-refractivity contribution in [3.63, 3.8) is 0 Å². The van der Waals surface area contributed by atoms with Crippen LogP contribution in [-0.2, 0) is 11.3 Å². The lowest BCUT2D eigenvalue weighted by atomic mass is 10.1. The molecule has 0 saturated carbocycles. The van der Waals surface area contributed by atoms with E-state index in [-0.39, 0.29) is 19.1 Å². The third-order valence-corrected chi connectivity index (χ3v) is 3.45. The highest BCUT2D eigenvalue weighted by molar-refractivity contribution is 5.96. The summed E-state index contributed by atoms with van der Waals surface area (Å²) < 4.78 is 5.17. The van der Waals surface area contributed by atoms with Crippen LogP contribution in [0.2, 0.25) is 0 Å². The fourth-order valence-electron chi connectivity index (χ4n) is 2.14. The highest BCUT2D eigenvalue weighted by Gasteiger charge is 2.08. The normalized spacial score (nSPS) is 9.88. The van der Waals surface area contributed by atoms with Crippen LogP contribution in [-0.4, -0.2) is 31.5 Å². The first kappa shape index (κ1) is 18.8. The third kappa shape index (κ3) is 5.52. The largest absolute Gasteiger partial charge is 0.495 e. The Balaban J connectivity index is 1.86. The summed E-state index contributed by atoms with van der Waals surface area (Å²) in [6, 6.07) is 13.3. The summed E-state index contributed by atoms with van der Waals surface area (Å²) in [6.45, 7) is 0.0649. The van der Waals surface area contributed by atoms with Crippen molar-refractivity contribution in [3.8, 4) is 5.75 Å². The van der Waals surface area contributed by atoms with Crippen molar-refractivity contribution in [2.75, 3.05) is 19.0 Å². The Morgan fingerprint density at radius 2 is 1.69 bits per heavy atom. The molecule has 2 aromatic rings. The van der Waals surface area contributed by atoms with Crippen molar-refractivity contribution in [1.82, 2.24) is 10.6 Å². The lowest BCUT2D eigenvalue weighted by Gasteiger charge is -2.11. The number of carbonyl (C=O) groups excluding carboxylic acids is 3. The predicted molar refractivity (Wildman–Crippen MR) is 96.8 cm³/mol. The number of ether oxygens (including phenoxy) is 1. The predicted octanol–water partition coefficient (Wildman–Crippen LogP) is 1.23. The van der Waals surface area contributed by atoms with Gasteiger partial charge in [-0.05, 0) is 29.8 Å². The van der Waals surface area contributed by atoms with Crippen LogP contribution in [0, 0.1) is 0 Å². The van der Waals surface area contributed by atoms with Crippen molar-refractivity contribution >= 4 is 23.5 Å². The van der Waals surface area contributed by atoms with Gasteiger partial charge in [-0.2, -0.15) is 0 Å². The Hall–Kier alpha value is -3.55. The minimum atomic E-state index is -0.611. The summed E-state index contributed by atoms with van der Waals surface area (Å²) in [5, 5.41) is 7.83. The van der Waals surface area contributed by atoms with Crippen LogP contribution in [0.25, 0.3) is 0 Å². The summed E-state index contributed by atoms with van der Waals surface area (Å²) in [4.78, 5) is 34.4. The zero-order chi connectivity index (χ0) is 18.9. The summed E-state index contributed by atoms with van der Waals surface area (Å²) in [6.07, 6.45) is 0. The molecule has 0 aliphatic heterocycles. The number of amides is 4. The molecule has 0 aliphatic carbocycles. The van der Waals surface area contributed by atoms with E-state index < -0.39 is 11.8 Å². The van der Waals surface area contributed by atoms with Crippen molar-refractivity contribution in [2.45, 2.75) is 6.54 Å². The number of carbonyl (C=O) groups is 3. The Morgan fingerprint density at radius 1 is 1.00 bits per heavy atom. The second-order valence-corrected chi connectivity index (χ2v) is 5.35. The van der Waals surface area contributed by atoms with E-state index in [4.69, 9.17) is 10.5 Å². The zero-order valence-corrected chi connectivity index (χ0v) is 14.2. The molecule has 0 bridgehead atoms. The zero-order valence-electron chi connectivity index (χ0n) is 14.2. The topological polar surface area (TPSA) is 123 Å². The highest BCUT2D eigenvalue weighted by Crippen LogP contribution is 2.22. The number of urea groups is 1. The van der Waals surface area contributed by atoms with Crippen LogP contribution in [0.4, 0.5) is 10.5 Å². The second kappa shape index (κ2) is 9.07. The van der Waals surface area contributed by atoms with Crippen molar-refractivity contribution < 1.29 is 19.1 Å². The van der Waals surface area contributed by atoms with Crippen molar-refractivity contribution in [3.05, 3.63) is 59.7 Å². The first-order valence-electron chi connectivity index (χ1n) is 7.83. The van der Waals surface area contributed by atoms with Gasteiger partial charge in [-0.25, -0.2) is 4.79 Å². The number of para-hydroxylation sites is 2. The van der Waals surface area contributed by atoms with Crippen LogP contribution < -0.4 is 26.4 Å². The molecule has 4 amide bonds. The van der Waals surface area contributed by atoms with Gasteiger partial charge in [0, 0.05) is 12.1 Å². The molecule has 26 heavy (non-hydrogen) atoms. The Bertz CT molecular complexity index is 790. The minimum absolute atomic E-state index is 0.217. The smallest absolute Gasteiger partial charge is 0.319 e. The van der Waals surface area contributed by atoms with E-state index in [9.17, 15) is 14.4 Å². The molecule has 136 valence electrons. The van der Waals surface area contributed by atoms with E-state index in [2.05, 4.69) is 16.0 Å². The molecule has 0 heterocycles. The molecule has 0 saturated heterocycles. The molecule has 0 spiro atoms. The van der Waals surface area contributed by atoms with Crippen molar-refractivity contribution in [1.29, 1.82) is 0 Å². The van der Waals surface area contributed by atoms with Gasteiger partial charge < -0.3 is 26.4 Å². The molecule has 0 aromatic heterocycles. The maximum Gasteiger partial charge on any atom is 0.319 e. The number of hydrogen-bond donors (Lipinski definition) is 4.